The lowest BCUT2D eigenvalue weighted by atomic mass is 10.3. The molecular weight excluding hydrogens is 300 g/mol. The number of rotatable bonds is 17. The van der Waals surface area contributed by atoms with Gasteiger partial charge in [-0.3, -0.25) is 0 Å². The summed E-state index contributed by atoms with van der Waals surface area (Å²) in [6.07, 6.45) is 5.87. The maximum Gasteiger partial charge on any atom is 0.0701 e. The molecule has 0 aliphatic rings. The van der Waals surface area contributed by atoms with E-state index < -0.39 is 0 Å². The minimum absolute atomic E-state index is 0.0922. The number of aliphatic hydroxyl groups is 2. The van der Waals surface area contributed by atoms with Crippen LogP contribution in [-0.2, 0) is 18.9 Å². The Morgan fingerprint density at radius 3 is 1.26 bits per heavy atom. The normalized spacial score (nSPS) is 10.4. The minimum atomic E-state index is 0.0922. The van der Waals surface area contributed by atoms with Gasteiger partial charge in [0.15, 0.2) is 0 Å². The molecule has 0 rings (SSSR count). The van der Waals surface area contributed by atoms with Gasteiger partial charge in [-0.25, -0.2) is 0 Å². The van der Waals surface area contributed by atoms with Crippen molar-refractivity contribution in [2.45, 2.75) is 46.0 Å². The molecule has 0 aromatic rings. The fraction of sp³-hybridized carbons (Fsp3) is 1.00. The van der Waals surface area contributed by atoms with E-state index in [2.05, 4.69) is 13.8 Å². The topological polar surface area (TPSA) is 77.4 Å². The fourth-order valence-corrected chi connectivity index (χ4v) is 1.47. The average Bonchev–Trinajstić information content (AvgIpc) is 2.57. The second kappa shape index (κ2) is 26.6. The third-order valence-corrected chi connectivity index (χ3v) is 2.75. The number of unbranched alkanes of at least 4 members (excludes halogenated alkanes) is 3. The maximum absolute atomic E-state index is 8.37. The third-order valence-electron chi connectivity index (χ3n) is 2.75. The number of aliphatic hydroxyl groups excluding tert-OH is 2. The van der Waals surface area contributed by atoms with E-state index in [-0.39, 0.29) is 13.2 Å². The molecule has 0 radical (unpaired) electrons. The summed E-state index contributed by atoms with van der Waals surface area (Å²) in [6.45, 7) is 9.42. The second-order valence-corrected chi connectivity index (χ2v) is 4.96. The summed E-state index contributed by atoms with van der Waals surface area (Å²) in [4.78, 5) is 0. The van der Waals surface area contributed by atoms with Gasteiger partial charge in [0.05, 0.1) is 52.9 Å². The van der Waals surface area contributed by atoms with E-state index in [1.165, 1.54) is 12.8 Å². The van der Waals surface area contributed by atoms with Crippen molar-refractivity contribution in [3.8, 4) is 0 Å². The van der Waals surface area contributed by atoms with Crippen LogP contribution in [0.4, 0.5) is 0 Å². The molecule has 0 aromatic heterocycles. The van der Waals surface area contributed by atoms with Crippen molar-refractivity contribution >= 4 is 0 Å². The Labute approximate surface area is 142 Å². The standard InChI is InChI=1S/C9H20O3.C8H18O3/c1-2-3-4-6-11-8-9-12-7-5-10;1-2-3-5-10-7-8-11-6-4-9/h10H,2-9H2,1H3;9H,2-8H2,1H3. The first kappa shape index (κ1) is 25.0. The van der Waals surface area contributed by atoms with Gasteiger partial charge in [0.2, 0.25) is 0 Å². The first-order chi connectivity index (χ1) is 11.3. The molecule has 0 heterocycles. The van der Waals surface area contributed by atoms with Crippen molar-refractivity contribution < 1.29 is 29.2 Å². The molecule has 0 amide bonds. The lowest BCUT2D eigenvalue weighted by molar-refractivity contribution is 0.0321. The van der Waals surface area contributed by atoms with Gasteiger partial charge in [-0.05, 0) is 12.8 Å². The molecule has 0 unspecified atom stereocenters. The van der Waals surface area contributed by atoms with E-state index in [1.54, 1.807) is 0 Å². The molecule has 0 aromatic carbocycles. The molecule has 6 nitrogen and oxygen atoms in total. The quantitative estimate of drug-likeness (QED) is 0.395. The summed E-state index contributed by atoms with van der Waals surface area (Å²) in [7, 11) is 0. The predicted molar refractivity (Wildman–Crippen MR) is 91.9 cm³/mol. The molecule has 2 N–H and O–H groups in total. The van der Waals surface area contributed by atoms with Crippen LogP contribution in [0.2, 0.25) is 0 Å². The van der Waals surface area contributed by atoms with Crippen LogP contribution < -0.4 is 0 Å². The van der Waals surface area contributed by atoms with Gasteiger partial charge in [-0.15, -0.1) is 0 Å². The molecule has 0 saturated heterocycles. The van der Waals surface area contributed by atoms with E-state index in [9.17, 15) is 0 Å². The molecule has 142 valence electrons. The van der Waals surface area contributed by atoms with Crippen LogP contribution in [-0.4, -0.2) is 76.3 Å². The summed E-state index contributed by atoms with van der Waals surface area (Å²) in [5.74, 6) is 0. The summed E-state index contributed by atoms with van der Waals surface area (Å²) in [5.41, 5.74) is 0. The Kier molecular flexibility index (Phi) is 29.0. The van der Waals surface area contributed by atoms with E-state index in [0.29, 0.717) is 39.6 Å². The number of hydrogen-bond donors (Lipinski definition) is 2. The van der Waals surface area contributed by atoms with Gasteiger partial charge < -0.3 is 29.2 Å². The first-order valence-electron chi connectivity index (χ1n) is 8.86. The zero-order chi connectivity index (χ0) is 17.4. The molecule has 0 fully saturated rings. The van der Waals surface area contributed by atoms with Gasteiger partial charge in [0, 0.05) is 13.2 Å². The van der Waals surface area contributed by atoms with Crippen molar-refractivity contribution in [3.05, 3.63) is 0 Å². The smallest absolute Gasteiger partial charge is 0.0701 e. The highest BCUT2D eigenvalue weighted by Gasteiger charge is 1.89. The monoisotopic (exact) mass is 338 g/mol. The maximum atomic E-state index is 8.37. The lowest BCUT2D eigenvalue weighted by Gasteiger charge is -2.03. The van der Waals surface area contributed by atoms with Crippen LogP contribution in [0.5, 0.6) is 0 Å². The largest absolute Gasteiger partial charge is 0.394 e. The Morgan fingerprint density at radius 2 is 0.870 bits per heavy atom. The Bertz CT molecular complexity index is 162. The molecule has 0 aliphatic heterocycles. The predicted octanol–water partition coefficient (Wildman–Crippen LogP) is 2.01. The zero-order valence-corrected chi connectivity index (χ0v) is 15.1. The molecular formula is C17H38O6. The molecule has 0 saturated carbocycles. The fourth-order valence-electron chi connectivity index (χ4n) is 1.47. The van der Waals surface area contributed by atoms with Gasteiger partial charge in [-0.1, -0.05) is 33.1 Å². The van der Waals surface area contributed by atoms with E-state index in [1.807, 2.05) is 0 Å². The number of ether oxygens (including phenoxy) is 4. The van der Waals surface area contributed by atoms with Crippen LogP contribution in [0.1, 0.15) is 46.0 Å². The zero-order valence-electron chi connectivity index (χ0n) is 15.1. The highest BCUT2D eigenvalue weighted by molar-refractivity contribution is 4.37. The molecule has 0 atom stereocenters. The average molecular weight is 338 g/mol. The van der Waals surface area contributed by atoms with Crippen LogP contribution in [0, 0.1) is 0 Å². The minimum Gasteiger partial charge on any atom is -0.394 e. The van der Waals surface area contributed by atoms with Crippen molar-refractivity contribution in [2.24, 2.45) is 0 Å². The third kappa shape index (κ3) is 30.2. The van der Waals surface area contributed by atoms with E-state index in [4.69, 9.17) is 29.2 Å². The molecule has 0 bridgehead atoms. The van der Waals surface area contributed by atoms with Gasteiger partial charge in [0.25, 0.3) is 0 Å². The second-order valence-electron chi connectivity index (χ2n) is 4.96. The Morgan fingerprint density at radius 1 is 0.478 bits per heavy atom. The number of hydrogen-bond acceptors (Lipinski definition) is 6. The molecule has 0 aliphatic carbocycles. The highest BCUT2D eigenvalue weighted by Crippen LogP contribution is 1.93. The summed E-state index contributed by atoms with van der Waals surface area (Å²) in [6, 6.07) is 0. The Hall–Kier alpha value is -0.240. The van der Waals surface area contributed by atoms with E-state index >= 15 is 0 Å². The van der Waals surface area contributed by atoms with Crippen molar-refractivity contribution in [1.82, 2.24) is 0 Å². The van der Waals surface area contributed by atoms with Gasteiger partial charge in [0.1, 0.15) is 0 Å². The molecule has 6 heteroatoms. The van der Waals surface area contributed by atoms with Gasteiger partial charge >= 0.3 is 0 Å². The molecule has 23 heavy (non-hydrogen) atoms. The van der Waals surface area contributed by atoms with Crippen LogP contribution in [0.25, 0.3) is 0 Å². The van der Waals surface area contributed by atoms with Crippen molar-refractivity contribution in [1.29, 1.82) is 0 Å². The summed E-state index contributed by atoms with van der Waals surface area (Å²) >= 11 is 0. The summed E-state index contributed by atoms with van der Waals surface area (Å²) in [5, 5.41) is 16.7. The lowest BCUT2D eigenvalue weighted by Crippen LogP contribution is -2.07. The molecule has 0 spiro atoms. The highest BCUT2D eigenvalue weighted by atomic mass is 16.5. The van der Waals surface area contributed by atoms with Gasteiger partial charge in [-0.2, -0.15) is 0 Å². The first-order valence-corrected chi connectivity index (χ1v) is 8.86. The Balaban J connectivity index is 0. The summed E-state index contributed by atoms with van der Waals surface area (Å²) < 4.78 is 20.5. The van der Waals surface area contributed by atoms with E-state index in [0.717, 1.165) is 32.5 Å². The van der Waals surface area contributed by atoms with Crippen LogP contribution >= 0.6 is 0 Å². The SMILES string of the molecule is CCCCCOCCOCCO.CCCCOCCOCCO. The van der Waals surface area contributed by atoms with Crippen molar-refractivity contribution in [3.63, 3.8) is 0 Å². The van der Waals surface area contributed by atoms with Crippen LogP contribution in [0.15, 0.2) is 0 Å². The van der Waals surface area contributed by atoms with Crippen LogP contribution in [0.3, 0.4) is 0 Å². The van der Waals surface area contributed by atoms with Crippen molar-refractivity contribution in [2.75, 3.05) is 66.1 Å².